The fraction of sp³-hybridized carbons (Fsp3) is 0.0526. The van der Waals surface area contributed by atoms with E-state index in [1.807, 2.05) is 0 Å². The van der Waals surface area contributed by atoms with Gasteiger partial charge in [-0.3, -0.25) is 4.79 Å². The molecule has 4 rings (SSSR count). The summed E-state index contributed by atoms with van der Waals surface area (Å²) in [5, 5.41) is 2.30. The van der Waals surface area contributed by atoms with E-state index in [1.54, 1.807) is 6.07 Å². The van der Waals surface area contributed by atoms with Gasteiger partial charge in [-0.05, 0) is 36.4 Å². The van der Waals surface area contributed by atoms with Gasteiger partial charge >= 0.3 is 6.29 Å². The topological polar surface area (TPSA) is 60.5 Å². The Balaban J connectivity index is 1.57. The standard InChI is InChI=1S/C19H9BrF4N2O3/c20-11-7-15-14(28-19(23,24)29-15)6-10(11)9-4-5-16(25-8-9)26-18(27)17-12(21)2-1-3-13(17)22/h1-8H,(H,25,26,27). The highest BCUT2D eigenvalue weighted by molar-refractivity contribution is 9.10. The first-order chi connectivity index (χ1) is 13.7. The van der Waals surface area contributed by atoms with Gasteiger partial charge in [0.05, 0.1) is 0 Å². The SMILES string of the molecule is O=C(Nc1ccc(-c2cc3c(cc2Br)OC(F)(F)O3)cn1)c1c(F)cccc1F. The van der Waals surface area contributed by atoms with Crippen molar-refractivity contribution >= 4 is 27.7 Å². The number of fused-ring (bicyclic) bond motifs is 1. The Hall–Kier alpha value is -3.14. The van der Waals surface area contributed by atoms with Crippen molar-refractivity contribution in [2.75, 3.05) is 5.32 Å². The molecular formula is C19H9BrF4N2O3. The predicted molar refractivity (Wildman–Crippen MR) is 97.9 cm³/mol. The van der Waals surface area contributed by atoms with Crippen molar-refractivity contribution < 1.29 is 31.8 Å². The molecule has 0 saturated heterocycles. The van der Waals surface area contributed by atoms with Gasteiger partial charge in [0, 0.05) is 21.8 Å². The molecule has 148 valence electrons. The van der Waals surface area contributed by atoms with Crippen LogP contribution in [-0.2, 0) is 0 Å². The predicted octanol–water partition coefficient (Wildman–Crippen LogP) is 5.36. The monoisotopic (exact) mass is 468 g/mol. The van der Waals surface area contributed by atoms with Crippen LogP contribution >= 0.6 is 15.9 Å². The zero-order valence-electron chi connectivity index (χ0n) is 14.2. The van der Waals surface area contributed by atoms with E-state index in [-0.39, 0.29) is 17.3 Å². The molecule has 0 radical (unpaired) electrons. The highest BCUT2D eigenvalue weighted by Crippen LogP contribution is 2.46. The molecule has 0 saturated carbocycles. The van der Waals surface area contributed by atoms with E-state index in [1.165, 1.54) is 24.4 Å². The number of anilines is 1. The second-order valence-electron chi connectivity index (χ2n) is 5.93. The van der Waals surface area contributed by atoms with Crippen molar-refractivity contribution in [2.45, 2.75) is 6.29 Å². The minimum Gasteiger partial charge on any atom is -0.395 e. The summed E-state index contributed by atoms with van der Waals surface area (Å²) in [6.45, 7) is 0. The number of nitrogens with zero attached hydrogens (tertiary/aromatic N) is 1. The Labute approximate surface area is 169 Å². The van der Waals surface area contributed by atoms with Crippen LogP contribution in [0.1, 0.15) is 10.4 Å². The summed E-state index contributed by atoms with van der Waals surface area (Å²) in [5.41, 5.74) is 0.266. The summed E-state index contributed by atoms with van der Waals surface area (Å²) in [5.74, 6) is -3.20. The molecule has 0 fully saturated rings. The molecule has 2 heterocycles. The van der Waals surface area contributed by atoms with Crippen LogP contribution < -0.4 is 14.8 Å². The summed E-state index contributed by atoms with van der Waals surface area (Å²) in [6, 6.07) is 8.71. The number of rotatable bonds is 3. The Bertz CT molecular complexity index is 1100. The van der Waals surface area contributed by atoms with E-state index in [4.69, 9.17) is 0 Å². The first-order valence-electron chi connectivity index (χ1n) is 8.05. The number of nitrogens with one attached hydrogen (secondary N) is 1. The lowest BCUT2D eigenvalue weighted by Crippen LogP contribution is -2.25. The fourth-order valence-corrected chi connectivity index (χ4v) is 3.26. The second kappa shape index (κ2) is 7.03. The Kier molecular flexibility index (Phi) is 4.65. The second-order valence-corrected chi connectivity index (χ2v) is 6.78. The van der Waals surface area contributed by atoms with E-state index in [0.29, 0.717) is 15.6 Å². The summed E-state index contributed by atoms with van der Waals surface area (Å²) in [4.78, 5) is 16.1. The number of carbonyl (C=O) groups is 1. The van der Waals surface area contributed by atoms with E-state index in [2.05, 4.69) is 35.7 Å². The fourth-order valence-electron chi connectivity index (χ4n) is 2.71. The Morgan fingerprint density at radius 2 is 1.69 bits per heavy atom. The maximum Gasteiger partial charge on any atom is 0.586 e. The normalized spacial score (nSPS) is 14.0. The summed E-state index contributed by atoms with van der Waals surface area (Å²) < 4.78 is 63.1. The van der Waals surface area contributed by atoms with Crippen molar-refractivity contribution in [3.63, 3.8) is 0 Å². The van der Waals surface area contributed by atoms with Crippen molar-refractivity contribution in [1.29, 1.82) is 0 Å². The molecule has 5 nitrogen and oxygen atoms in total. The first-order valence-corrected chi connectivity index (χ1v) is 8.84. The van der Waals surface area contributed by atoms with Gasteiger partial charge in [-0.1, -0.05) is 22.0 Å². The number of alkyl halides is 2. The largest absolute Gasteiger partial charge is 0.586 e. The van der Waals surface area contributed by atoms with Crippen LogP contribution in [-0.4, -0.2) is 17.2 Å². The molecule has 1 amide bonds. The zero-order chi connectivity index (χ0) is 20.8. The average Bonchev–Trinajstić information content (AvgIpc) is 2.94. The van der Waals surface area contributed by atoms with Crippen LogP contribution in [0, 0.1) is 11.6 Å². The molecule has 2 aromatic carbocycles. The molecule has 1 aromatic heterocycles. The molecule has 0 aliphatic carbocycles. The molecule has 1 N–H and O–H groups in total. The number of aromatic nitrogens is 1. The van der Waals surface area contributed by atoms with Crippen molar-refractivity contribution in [3.05, 3.63) is 70.3 Å². The molecular weight excluding hydrogens is 460 g/mol. The third-order valence-electron chi connectivity index (χ3n) is 4.00. The van der Waals surface area contributed by atoms with E-state index in [0.717, 1.165) is 18.2 Å². The number of carbonyl (C=O) groups excluding carboxylic acids is 1. The number of pyridine rings is 1. The summed E-state index contributed by atoms with van der Waals surface area (Å²) in [7, 11) is 0. The third kappa shape index (κ3) is 3.75. The van der Waals surface area contributed by atoms with Crippen LogP contribution in [0.2, 0.25) is 0 Å². The lowest BCUT2D eigenvalue weighted by molar-refractivity contribution is -0.286. The Morgan fingerprint density at radius 3 is 2.31 bits per heavy atom. The van der Waals surface area contributed by atoms with Gasteiger partial charge in [-0.15, -0.1) is 8.78 Å². The molecule has 0 bridgehead atoms. The third-order valence-corrected chi connectivity index (χ3v) is 4.65. The minimum atomic E-state index is -3.74. The van der Waals surface area contributed by atoms with E-state index < -0.39 is 29.4 Å². The van der Waals surface area contributed by atoms with Crippen LogP contribution in [0.4, 0.5) is 23.4 Å². The average molecular weight is 469 g/mol. The minimum absolute atomic E-state index is 0.0461. The van der Waals surface area contributed by atoms with Crippen molar-refractivity contribution in [3.8, 4) is 22.6 Å². The van der Waals surface area contributed by atoms with Gasteiger partial charge in [0.15, 0.2) is 11.5 Å². The van der Waals surface area contributed by atoms with Crippen molar-refractivity contribution in [1.82, 2.24) is 4.98 Å². The molecule has 0 atom stereocenters. The molecule has 0 unspecified atom stereocenters. The number of hydrogen-bond acceptors (Lipinski definition) is 4. The zero-order valence-corrected chi connectivity index (χ0v) is 15.8. The summed E-state index contributed by atoms with van der Waals surface area (Å²) in [6.07, 6.45) is -2.39. The van der Waals surface area contributed by atoms with Gasteiger partial charge < -0.3 is 14.8 Å². The number of benzene rings is 2. The number of amides is 1. The number of hydrogen-bond donors (Lipinski definition) is 1. The smallest absolute Gasteiger partial charge is 0.395 e. The summed E-state index contributed by atoms with van der Waals surface area (Å²) >= 11 is 3.27. The highest BCUT2D eigenvalue weighted by atomic mass is 79.9. The van der Waals surface area contributed by atoms with E-state index in [9.17, 15) is 22.4 Å². The molecule has 0 spiro atoms. The molecule has 29 heavy (non-hydrogen) atoms. The lowest BCUT2D eigenvalue weighted by Gasteiger charge is -2.09. The van der Waals surface area contributed by atoms with Crippen LogP contribution in [0.15, 0.2) is 53.1 Å². The Morgan fingerprint density at radius 1 is 1.03 bits per heavy atom. The van der Waals surface area contributed by atoms with Gasteiger partial charge in [0.25, 0.3) is 5.91 Å². The number of ether oxygens (including phenoxy) is 2. The quantitative estimate of drug-likeness (QED) is 0.525. The van der Waals surface area contributed by atoms with Gasteiger partial charge in [0.2, 0.25) is 0 Å². The maximum atomic E-state index is 13.7. The van der Waals surface area contributed by atoms with Gasteiger partial charge in [-0.2, -0.15) is 0 Å². The first kappa shape index (κ1) is 19.2. The van der Waals surface area contributed by atoms with Gasteiger partial charge in [-0.25, -0.2) is 13.8 Å². The molecule has 1 aliphatic heterocycles. The maximum absolute atomic E-state index is 13.7. The van der Waals surface area contributed by atoms with Crippen LogP contribution in [0.5, 0.6) is 11.5 Å². The van der Waals surface area contributed by atoms with Crippen molar-refractivity contribution in [2.24, 2.45) is 0 Å². The van der Waals surface area contributed by atoms with E-state index >= 15 is 0 Å². The molecule has 10 heteroatoms. The molecule has 3 aromatic rings. The number of halogens is 5. The van der Waals surface area contributed by atoms with Gasteiger partial charge in [0.1, 0.15) is 23.0 Å². The van der Waals surface area contributed by atoms with Crippen LogP contribution in [0.25, 0.3) is 11.1 Å². The van der Waals surface area contributed by atoms with Crippen LogP contribution in [0.3, 0.4) is 0 Å². The highest BCUT2D eigenvalue weighted by Gasteiger charge is 2.43. The lowest BCUT2D eigenvalue weighted by atomic mass is 10.1. The molecule has 1 aliphatic rings.